The number of thiophene rings is 1. The lowest BCUT2D eigenvalue weighted by Gasteiger charge is -2.19. The summed E-state index contributed by atoms with van der Waals surface area (Å²) < 4.78 is 0. The number of hydrogen-bond acceptors (Lipinski definition) is 3. The first kappa shape index (κ1) is 11.9. The summed E-state index contributed by atoms with van der Waals surface area (Å²) in [6.07, 6.45) is 5.35. The zero-order valence-electron chi connectivity index (χ0n) is 10.6. The fourth-order valence-electron chi connectivity index (χ4n) is 2.71. The van der Waals surface area contributed by atoms with Crippen LogP contribution in [0.25, 0.3) is 0 Å². The quantitative estimate of drug-likeness (QED) is 0.909. The zero-order valence-corrected chi connectivity index (χ0v) is 11.4. The summed E-state index contributed by atoms with van der Waals surface area (Å²) >= 11 is 1.84. The Morgan fingerprint density at radius 1 is 1.44 bits per heavy atom. The lowest BCUT2D eigenvalue weighted by atomic mass is 10.1. The van der Waals surface area contributed by atoms with Crippen molar-refractivity contribution in [2.24, 2.45) is 0 Å². The molecule has 3 rings (SSSR count). The molecule has 1 aliphatic rings. The summed E-state index contributed by atoms with van der Waals surface area (Å²) in [6, 6.07) is 9.52. The third-order valence-corrected chi connectivity index (χ3v) is 4.43. The first-order chi connectivity index (χ1) is 8.83. The van der Waals surface area contributed by atoms with E-state index in [0.717, 1.165) is 12.8 Å². The van der Waals surface area contributed by atoms with E-state index in [2.05, 4.69) is 40.8 Å². The molecule has 0 saturated heterocycles. The van der Waals surface area contributed by atoms with E-state index in [9.17, 15) is 0 Å². The van der Waals surface area contributed by atoms with Gasteiger partial charge in [-0.1, -0.05) is 12.1 Å². The van der Waals surface area contributed by atoms with Gasteiger partial charge in [-0.25, -0.2) is 0 Å². The average Bonchev–Trinajstić information content (AvgIpc) is 3.00. The van der Waals surface area contributed by atoms with Gasteiger partial charge in [-0.15, -0.1) is 11.3 Å². The molecule has 2 heterocycles. The minimum atomic E-state index is 0.441. The van der Waals surface area contributed by atoms with Crippen LogP contribution in [-0.2, 0) is 12.8 Å². The zero-order chi connectivity index (χ0) is 12.4. The second-order valence-corrected chi connectivity index (χ2v) is 6.02. The molecule has 0 radical (unpaired) electrons. The normalized spacial score (nSPS) is 19.7. The van der Waals surface area contributed by atoms with Crippen LogP contribution in [0.1, 0.15) is 35.5 Å². The Kier molecular flexibility index (Phi) is 3.43. The molecular weight excluding hydrogens is 240 g/mol. The molecule has 2 unspecified atom stereocenters. The van der Waals surface area contributed by atoms with Crippen LogP contribution in [-0.4, -0.2) is 11.0 Å². The predicted octanol–water partition coefficient (Wildman–Crippen LogP) is 3.35. The molecule has 94 valence electrons. The lowest BCUT2D eigenvalue weighted by molar-refractivity contribution is 0.447. The van der Waals surface area contributed by atoms with E-state index in [4.69, 9.17) is 0 Å². The monoisotopic (exact) mass is 258 g/mol. The first-order valence-electron chi connectivity index (χ1n) is 6.55. The fourth-order valence-corrected chi connectivity index (χ4v) is 3.54. The van der Waals surface area contributed by atoms with E-state index < -0.39 is 0 Å². The van der Waals surface area contributed by atoms with Gasteiger partial charge in [0.15, 0.2) is 0 Å². The van der Waals surface area contributed by atoms with Crippen LogP contribution in [0.4, 0.5) is 0 Å². The molecule has 1 aliphatic carbocycles. The number of aryl methyl sites for hydroxylation is 1. The summed E-state index contributed by atoms with van der Waals surface area (Å²) in [4.78, 5) is 5.98. The second-order valence-electron chi connectivity index (χ2n) is 4.99. The van der Waals surface area contributed by atoms with Gasteiger partial charge >= 0.3 is 0 Å². The molecule has 0 aromatic carbocycles. The number of nitrogens with zero attached hydrogens (tertiary/aromatic N) is 1. The van der Waals surface area contributed by atoms with Crippen molar-refractivity contribution in [2.75, 3.05) is 0 Å². The first-order valence-corrected chi connectivity index (χ1v) is 7.43. The molecule has 2 atom stereocenters. The van der Waals surface area contributed by atoms with E-state index in [-0.39, 0.29) is 0 Å². The SMILES string of the molecule is CC(Cc1cccs1)NC1CCc2cccnc21. The summed E-state index contributed by atoms with van der Waals surface area (Å²) in [5.74, 6) is 0. The number of pyridine rings is 1. The van der Waals surface area contributed by atoms with Crippen molar-refractivity contribution in [3.63, 3.8) is 0 Å². The third-order valence-electron chi connectivity index (χ3n) is 3.53. The number of nitrogens with one attached hydrogen (secondary N) is 1. The van der Waals surface area contributed by atoms with Gasteiger partial charge in [-0.2, -0.15) is 0 Å². The molecule has 2 aromatic heterocycles. The largest absolute Gasteiger partial charge is 0.306 e. The molecule has 0 aliphatic heterocycles. The van der Waals surface area contributed by atoms with Crippen LogP contribution in [0.3, 0.4) is 0 Å². The van der Waals surface area contributed by atoms with Gasteiger partial charge in [-0.05, 0) is 49.3 Å². The number of rotatable bonds is 4. The highest BCUT2D eigenvalue weighted by molar-refractivity contribution is 7.09. The average molecular weight is 258 g/mol. The van der Waals surface area contributed by atoms with Gasteiger partial charge in [-0.3, -0.25) is 4.98 Å². The topological polar surface area (TPSA) is 24.9 Å². The maximum absolute atomic E-state index is 4.53. The molecular formula is C15H18N2S. The van der Waals surface area contributed by atoms with Crippen LogP contribution in [0, 0.1) is 0 Å². The second kappa shape index (κ2) is 5.21. The third kappa shape index (κ3) is 2.47. The van der Waals surface area contributed by atoms with E-state index >= 15 is 0 Å². The molecule has 18 heavy (non-hydrogen) atoms. The molecule has 1 N–H and O–H groups in total. The predicted molar refractivity (Wildman–Crippen MR) is 75.9 cm³/mol. The van der Waals surface area contributed by atoms with Crippen molar-refractivity contribution >= 4 is 11.3 Å². The molecule has 0 amide bonds. The Bertz CT molecular complexity index is 507. The Balaban J connectivity index is 1.64. The molecule has 2 aromatic rings. The van der Waals surface area contributed by atoms with Crippen molar-refractivity contribution in [3.05, 3.63) is 52.0 Å². The number of aromatic nitrogens is 1. The highest BCUT2D eigenvalue weighted by Gasteiger charge is 2.24. The van der Waals surface area contributed by atoms with Crippen LogP contribution in [0.2, 0.25) is 0 Å². The van der Waals surface area contributed by atoms with Gasteiger partial charge in [0.05, 0.1) is 11.7 Å². The van der Waals surface area contributed by atoms with Gasteiger partial charge < -0.3 is 5.32 Å². The van der Waals surface area contributed by atoms with Gasteiger partial charge in [0, 0.05) is 17.1 Å². The van der Waals surface area contributed by atoms with E-state index in [1.807, 2.05) is 23.6 Å². The molecule has 3 heteroatoms. The maximum atomic E-state index is 4.53. The highest BCUT2D eigenvalue weighted by Crippen LogP contribution is 2.29. The summed E-state index contributed by atoms with van der Waals surface area (Å²) in [5, 5.41) is 5.86. The minimum Gasteiger partial charge on any atom is -0.306 e. The van der Waals surface area contributed by atoms with Crippen LogP contribution >= 0.6 is 11.3 Å². The maximum Gasteiger partial charge on any atom is 0.0605 e. The Hall–Kier alpha value is -1.19. The van der Waals surface area contributed by atoms with Crippen LogP contribution < -0.4 is 5.32 Å². The van der Waals surface area contributed by atoms with Crippen LogP contribution in [0.15, 0.2) is 35.8 Å². The number of hydrogen-bond donors (Lipinski definition) is 1. The van der Waals surface area contributed by atoms with Crippen molar-refractivity contribution in [2.45, 2.75) is 38.3 Å². The summed E-state index contributed by atoms with van der Waals surface area (Å²) in [5.41, 5.74) is 2.67. The minimum absolute atomic E-state index is 0.441. The Morgan fingerprint density at radius 2 is 2.39 bits per heavy atom. The smallest absolute Gasteiger partial charge is 0.0605 e. The fraction of sp³-hybridized carbons (Fsp3) is 0.400. The standard InChI is InChI=1S/C15H18N2S/c1-11(10-13-5-3-9-18-13)17-14-7-6-12-4-2-8-16-15(12)14/h2-5,8-9,11,14,17H,6-7,10H2,1H3. The molecule has 0 saturated carbocycles. The van der Waals surface area contributed by atoms with Gasteiger partial charge in [0.1, 0.15) is 0 Å². The van der Waals surface area contributed by atoms with Crippen LogP contribution in [0.5, 0.6) is 0 Å². The van der Waals surface area contributed by atoms with Gasteiger partial charge in [0.25, 0.3) is 0 Å². The Morgan fingerprint density at radius 3 is 3.22 bits per heavy atom. The highest BCUT2D eigenvalue weighted by atomic mass is 32.1. The van der Waals surface area contributed by atoms with Crippen molar-refractivity contribution in [1.82, 2.24) is 10.3 Å². The molecule has 2 nitrogen and oxygen atoms in total. The van der Waals surface area contributed by atoms with Gasteiger partial charge in [0.2, 0.25) is 0 Å². The van der Waals surface area contributed by atoms with E-state index in [1.54, 1.807) is 0 Å². The van der Waals surface area contributed by atoms with Crippen molar-refractivity contribution < 1.29 is 0 Å². The van der Waals surface area contributed by atoms with E-state index in [0.29, 0.717) is 12.1 Å². The van der Waals surface area contributed by atoms with Crippen molar-refractivity contribution in [1.29, 1.82) is 0 Å². The molecule has 0 bridgehead atoms. The van der Waals surface area contributed by atoms with E-state index in [1.165, 1.54) is 22.6 Å². The lowest BCUT2D eigenvalue weighted by Crippen LogP contribution is -2.31. The van der Waals surface area contributed by atoms with Crippen molar-refractivity contribution in [3.8, 4) is 0 Å². The molecule has 0 spiro atoms. The number of fused-ring (bicyclic) bond motifs is 1. The molecule has 0 fully saturated rings. The summed E-state index contributed by atoms with van der Waals surface area (Å²) in [6.45, 7) is 2.26. The Labute approximate surface area is 112 Å². The summed E-state index contributed by atoms with van der Waals surface area (Å²) in [7, 11) is 0.